The summed E-state index contributed by atoms with van der Waals surface area (Å²) in [4.78, 5) is 11.5. The van der Waals surface area contributed by atoms with Crippen molar-refractivity contribution in [3.63, 3.8) is 0 Å². The highest BCUT2D eigenvalue weighted by atomic mass is 16.3. The molecule has 0 saturated heterocycles. The third-order valence-electron chi connectivity index (χ3n) is 3.05. The average Bonchev–Trinajstić information content (AvgIpc) is 2.95. The van der Waals surface area contributed by atoms with Crippen LogP contribution in [0.4, 0.5) is 5.69 Å². The smallest absolute Gasteiger partial charge is 0.224 e. The molecule has 2 rings (SSSR count). The molecule has 0 aliphatic heterocycles. The Balaban J connectivity index is 1.93. The van der Waals surface area contributed by atoms with Crippen LogP contribution in [0.2, 0.25) is 0 Å². The number of hydrogen-bond donors (Lipinski definition) is 2. The van der Waals surface area contributed by atoms with Crippen molar-refractivity contribution in [2.75, 3.05) is 11.9 Å². The fraction of sp³-hybridized carbons (Fsp3) is 0.312. The van der Waals surface area contributed by atoms with Gasteiger partial charge in [0.05, 0.1) is 18.7 Å². The summed E-state index contributed by atoms with van der Waals surface area (Å²) < 4.78 is 5.36. The third-order valence-corrected chi connectivity index (χ3v) is 3.05. The van der Waals surface area contributed by atoms with Crippen LogP contribution in [0.15, 0.2) is 47.1 Å². The molecule has 1 aromatic carbocycles. The zero-order valence-electron chi connectivity index (χ0n) is 11.8. The van der Waals surface area contributed by atoms with Crippen LogP contribution in [0.3, 0.4) is 0 Å². The molecule has 0 fully saturated rings. The second kappa shape index (κ2) is 6.80. The fourth-order valence-electron chi connectivity index (χ4n) is 2.02. The summed E-state index contributed by atoms with van der Waals surface area (Å²) in [6.45, 7) is 4.63. The maximum absolute atomic E-state index is 11.5. The van der Waals surface area contributed by atoms with Gasteiger partial charge in [0, 0.05) is 12.2 Å². The van der Waals surface area contributed by atoms with Gasteiger partial charge in [-0.15, -0.1) is 0 Å². The van der Waals surface area contributed by atoms with Gasteiger partial charge >= 0.3 is 0 Å². The summed E-state index contributed by atoms with van der Waals surface area (Å²) in [6, 6.07) is 11.8. The van der Waals surface area contributed by atoms with E-state index in [1.807, 2.05) is 50.2 Å². The molecule has 0 bridgehead atoms. The van der Waals surface area contributed by atoms with Crippen LogP contribution in [-0.4, -0.2) is 12.5 Å². The standard InChI is InChI=1S/C16H20N2O2/c1-3-17-16(19)11-13-6-8-14(9-7-13)18-12(2)15-5-4-10-20-15/h4-10,12,18H,3,11H2,1-2H3,(H,17,19). The summed E-state index contributed by atoms with van der Waals surface area (Å²) in [5.41, 5.74) is 2.01. The molecule has 0 aliphatic carbocycles. The maximum Gasteiger partial charge on any atom is 0.224 e. The molecule has 1 heterocycles. The van der Waals surface area contributed by atoms with Crippen LogP contribution in [0, 0.1) is 0 Å². The van der Waals surface area contributed by atoms with Crippen molar-refractivity contribution in [1.29, 1.82) is 0 Å². The molecule has 0 spiro atoms. The molecule has 4 heteroatoms. The number of carbonyl (C=O) groups excluding carboxylic acids is 1. The Morgan fingerprint density at radius 2 is 2.00 bits per heavy atom. The predicted molar refractivity (Wildman–Crippen MR) is 79.6 cm³/mol. The van der Waals surface area contributed by atoms with Crippen LogP contribution in [0.5, 0.6) is 0 Å². The fourth-order valence-corrected chi connectivity index (χ4v) is 2.02. The molecule has 2 N–H and O–H groups in total. The van der Waals surface area contributed by atoms with Gasteiger partial charge < -0.3 is 15.1 Å². The van der Waals surface area contributed by atoms with E-state index in [0.29, 0.717) is 13.0 Å². The Labute approximate surface area is 119 Å². The minimum absolute atomic E-state index is 0.0529. The number of furan rings is 1. The lowest BCUT2D eigenvalue weighted by Gasteiger charge is -2.13. The Kier molecular flexibility index (Phi) is 4.82. The van der Waals surface area contributed by atoms with E-state index in [0.717, 1.165) is 17.0 Å². The molecule has 1 atom stereocenters. The largest absolute Gasteiger partial charge is 0.467 e. The van der Waals surface area contributed by atoms with Gasteiger partial charge in [0.2, 0.25) is 5.91 Å². The van der Waals surface area contributed by atoms with E-state index in [4.69, 9.17) is 4.42 Å². The van der Waals surface area contributed by atoms with Crippen molar-refractivity contribution in [3.05, 3.63) is 54.0 Å². The Morgan fingerprint density at radius 3 is 2.60 bits per heavy atom. The minimum atomic E-state index is 0.0529. The SMILES string of the molecule is CCNC(=O)Cc1ccc(NC(C)c2ccco2)cc1. The van der Waals surface area contributed by atoms with Gasteiger partial charge in [0.25, 0.3) is 0 Å². The summed E-state index contributed by atoms with van der Waals surface area (Å²) >= 11 is 0. The van der Waals surface area contributed by atoms with Gasteiger partial charge in [-0.1, -0.05) is 12.1 Å². The molecule has 1 aromatic heterocycles. The summed E-state index contributed by atoms with van der Waals surface area (Å²) in [6.07, 6.45) is 2.09. The molecule has 106 valence electrons. The lowest BCUT2D eigenvalue weighted by Crippen LogP contribution is -2.24. The molecule has 0 saturated carbocycles. The number of amides is 1. The number of nitrogens with one attached hydrogen (secondary N) is 2. The molecule has 1 unspecified atom stereocenters. The first-order valence-corrected chi connectivity index (χ1v) is 6.84. The first-order chi connectivity index (χ1) is 9.69. The maximum atomic E-state index is 11.5. The van der Waals surface area contributed by atoms with Crippen molar-refractivity contribution in [3.8, 4) is 0 Å². The van der Waals surface area contributed by atoms with E-state index < -0.39 is 0 Å². The normalized spacial score (nSPS) is 11.9. The predicted octanol–water partition coefficient (Wildman–Crippen LogP) is 3.13. The quantitative estimate of drug-likeness (QED) is 0.849. The Hall–Kier alpha value is -2.23. The topological polar surface area (TPSA) is 54.3 Å². The van der Waals surface area contributed by atoms with Crippen molar-refractivity contribution >= 4 is 11.6 Å². The van der Waals surface area contributed by atoms with Gasteiger partial charge in [0.15, 0.2) is 0 Å². The van der Waals surface area contributed by atoms with Crippen molar-refractivity contribution < 1.29 is 9.21 Å². The second-order valence-electron chi connectivity index (χ2n) is 4.71. The first kappa shape index (κ1) is 14.2. The summed E-state index contributed by atoms with van der Waals surface area (Å²) in [5, 5.41) is 6.15. The number of anilines is 1. The molecular weight excluding hydrogens is 252 g/mol. The summed E-state index contributed by atoms with van der Waals surface area (Å²) in [7, 11) is 0. The van der Waals surface area contributed by atoms with E-state index >= 15 is 0 Å². The second-order valence-corrected chi connectivity index (χ2v) is 4.71. The Morgan fingerprint density at radius 1 is 1.25 bits per heavy atom. The number of likely N-dealkylation sites (N-methyl/N-ethyl adjacent to an activating group) is 1. The Bertz CT molecular complexity index is 532. The highest BCUT2D eigenvalue weighted by Crippen LogP contribution is 2.19. The number of carbonyl (C=O) groups is 1. The number of benzene rings is 1. The van der Waals surface area contributed by atoms with E-state index in [1.54, 1.807) is 6.26 Å². The van der Waals surface area contributed by atoms with E-state index in [-0.39, 0.29) is 11.9 Å². The van der Waals surface area contributed by atoms with Crippen molar-refractivity contribution in [1.82, 2.24) is 5.32 Å². The van der Waals surface area contributed by atoms with E-state index in [2.05, 4.69) is 10.6 Å². The molecule has 2 aromatic rings. The minimum Gasteiger partial charge on any atom is -0.467 e. The van der Waals surface area contributed by atoms with Crippen LogP contribution >= 0.6 is 0 Å². The average molecular weight is 272 g/mol. The molecule has 1 amide bonds. The van der Waals surface area contributed by atoms with Crippen LogP contribution < -0.4 is 10.6 Å². The molecular formula is C16H20N2O2. The van der Waals surface area contributed by atoms with Crippen molar-refractivity contribution in [2.45, 2.75) is 26.3 Å². The monoisotopic (exact) mass is 272 g/mol. The van der Waals surface area contributed by atoms with Crippen LogP contribution in [0.25, 0.3) is 0 Å². The molecule has 0 aliphatic rings. The van der Waals surface area contributed by atoms with E-state index in [9.17, 15) is 4.79 Å². The van der Waals surface area contributed by atoms with Crippen LogP contribution in [0.1, 0.15) is 31.2 Å². The highest BCUT2D eigenvalue weighted by molar-refractivity contribution is 5.78. The van der Waals surface area contributed by atoms with Crippen molar-refractivity contribution in [2.24, 2.45) is 0 Å². The van der Waals surface area contributed by atoms with Gasteiger partial charge in [-0.05, 0) is 43.7 Å². The van der Waals surface area contributed by atoms with Gasteiger partial charge in [-0.2, -0.15) is 0 Å². The van der Waals surface area contributed by atoms with Gasteiger partial charge in [-0.25, -0.2) is 0 Å². The lowest BCUT2D eigenvalue weighted by molar-refractivity contribution is -0.120. The number of rotatable bonds is 6. The van der Waals surface area contributed by atoms with Crippen LogP contribution in [-0.2, 0) is 11.2 Å². The zero-order valence-corrected chi connectivity index (χ0v) is 11.8. The number of hydrogen-bond acceptors (Lipinski definition) is 3. The molecule has 4 nitrogen and oxygen atoms in total. The third kappa shape index (κ3) is 3.88. The van der Waals surface area contributed by atoms with Gasteiger partial charge in [-0.3, -0.25) is 4.79 Å². The molecule has 0 radical (unpaired) electrons. The zero-order chi connectivity index (χ0) is 14.4. The lowest BCUT2D eigenvalue weighted by atomic mass is 10.1. The van der Waals surface area contributed by atoms with Gasteiger partial charge in [0.1, 0.15) is 5.76 Å². The van der Waals surface area contributed by atoms with E-state index in [1.165, 1.54) is 0 Å². The molecule has 20 heavy (non-hydrogen) atoms. The first-order valence-electron chi connectivity index (χ1n) is 6.84. The highest BCUT2D eigenvalue weighted by Gasteiger charge is 2.08. The summed E-state index contributed by atoms with van der Waals surface area (Å²) in [5.74, 6) is 0.952.